The maximum atomic E-state index is 13.3. The first-order valence-electron chi connectivity index (χ1n) is 33.9. The summed E-state index contributed by atoms with van der Waals surface area (Å²) in [6, 6.07) is 0. The Labute approximate surface area is 747 Å². The molecule has 0 N–H and O–H groups in total. The maximum Gasteiger partial charge on any atom is 0.218 e. The van der Waals surface area contributed by atoms with E-state index >= 15 is 0 Å². The van der Waals surface area contributed by atoms with Crippen molar-refractivity contribution in [2.24, 2.45) is 0 Å². The van der Waals surface area contributed by atoms with Crippen LogP contribution >= 0.6 is 0 Å². The van der Waals surface area contributed by atoms with Gasteiger partial charge in [-0.2, -0.15) is 0 Å². The van der Waals surface area contributed by atoms with Gasteiger partial charge in [-0.25, -0.2) is 135 Å². The van der Waals surface area contributed by atoms with Crippen molar-refractivity contribution in [3.05, 3.63) is 0 Å². The van der Waals surface area contributed by atoms with Gasteiger partial charge in [0.05, 0.1) is 33.0 Å². The lowest BCUT2D eigenvalue weighted by molar-refractivity contribution is -0.388. The van der Waals surface area contributed by atoms with Crippen LogP contribution in [0.5, 0.6) is 0 Å². The highest BCUT2D eigenvalue weighted by Gasteiger charge is 2.63. The lowest BCUT2D eigenvalue weighted by Crippen LogP contribution is -2.70. The summed E-state index contributed by atoms with van der Waals surface area (Å²) in [7, 11) is -111. The fourth-order valence-electron chi connectivity index (χ4n) is 12.1. The molecule has 0 spiro atoms. The van der Waals surface area contributed by atoms with Crippen molar-refractivity contribution in [2.45, 2.75) is 225 Å². The van der Waals surface area contributed by atoms with Crippen LogP contribution in [0, 0.1) is 0 Å². The molecule has 0 saturated carbocycles. The van der Waals surface area contributed by atoms with E-state index in [2.05, 4.69) is 66.9 Å². The summed E-state index contributed by atoms with van der Waals surface area (Å²) in [6.45, 7) is -11.8. The molecule has 5 heterocycles. The zero-order valence-corrected chi connectivity index (χ0v) is 76.6. The highest BCUT2D eigenvalue weighted by molar-refractivity contribution is 7.84. The first kappa shape index (κ1) is 120. The highest BCUT2D eigenvalue weighted by Crippen LogP contribution is 2.44. The lowest BCUT2D eigenvalue weighted by atomic mass is 9.95. The van der Waals surface area contributed by atoms with Crippen LogP contribution in [0.15, 0.2) is 0 Å². The predicted octanol–water partition coefficient (Wildman–Crippen LogP) is -15.2. The first-order valence-corrected chi connectivity index (χ1v) is 55.2. The van der Waals surface area contributed by atoms with E-state index in [-0.39, 0.29) is 19.3 Å². The minimum absolute atomic E-state index is 0.00622. The summed E-state index contributed by atoms with van der Waals surface area (Å²) < 4.78 is 719. The van der Waals surface area contributed by atoms with Crippen LogP contribution < -0.4 is 0 Å². The van der Waals surface area contributed by atoms with Crippen molar-refractivity contribution >= 4 is 166 Å². The largest absolute Gasteiger partial charge is 0.726 e. The Morgan fingerprint density at radius 3 is 0.545 bits per heavy atom. The molecule has 5 aliphatic rings. The zero-order chi connectivity index (χ0) is 101. The molecule has 784 valence electrons. The fourth-order valence-corrected chi connectivity index (χ4v) is 19.0. The molecule has 90 heteroatoms. The van der Waals surface area contributed by atoms with Gasteiger partial charge in [0, 0.05) is 6.61 Å². The van der Waals surface area contributed by atoms with E-state index in [1.165, 1.54) is 0 Å². The molecule has 0 radical (unpaired) electrons. The van der Waals surface area contributed by atoms with Crippen LogP contribution in [-0.2, 0) is 281 Å². The van der Waals surface area contributed by atoms with E-state index in [9.17, 15) is 208 Å². The number of rotatable bonds is 57. The molecule has 0 aromatic rings. The second kappa shape index (κ2) is 47.2. The van der Waals surface area contributed by atoms with Gasteiger partial charge < -0.3 is 120 Å². The van der Waals surface area contributed by atoms with Gasteiger partial charge in [0.15, 0.2) is 55.9 Å². The van der Waals surface area contributed by atoms with Gasteiger partial charge in [0.1, 0.15) is 97.7 Å². The van der Waals surface area contributed by atoms with Gasteiger partial charge in [-0.15, -0.1) is 0 Å². The highest BCUT2D eigenvalue weighted by atomic mass is 32.3. The number of ether oxygens (including phenoxy) is 10. The molecule has 25 atom stereocenters. The summed E-state index contributed by atoms with van der Waals surface area (Å²) in [5.41, 5.74) is 0. The van der Waals surface area contributed by atoms with Crippen molar-refractivity contribution < 1.29 is 322 Å². The summed E-state index contributed by atoms with van der Waals surface area (Å²) >= 11 is 0. The van der Waals surface area contributed by atoms with E-state index in [1.54, 1.807) is 0 Å². The smallest absolute Gasteiger partial charge is 0.218 e. The van der Waals surface area contributed by atoms with Crippen LogP contribution in [0.2, 0.25) is 0 Å². The Hall–Kier alpha value is -2.48. The minimum atomic E-state index is -7.47. The second-order valence-electron chi connectivity index (χ2n) is 25.8. The fraction of sp³-hybridized carbons (Fsp3) is 1.00. The Morgan fingerprint density at radius 2 is 0.341 bits per heavy atom. The molecule has 5 fully saturated rings. The SMILES string of the molecule is CCCCCCCCCCCCO[C@H]1O[C@H](COS(=O)(=O)[O-])[C@@H](OS(=O)(=O)[O-])[C@H](OS(=O)(=O)[O-])[C@@H]1O[C@H]1O[C@H](COS(=O)(=O)[O-])[C@@H](OS(=O)(=O)[O-])[C@H](O[C@H]2O[C@H](COS(=O)(=O)[O-])[C@@H](OS(=O)(=O)[O-])[C@H](O[C@H]3O[C@H](COS(=O)(=O)[O-])[C@@H](OS(=O)(=O)[O-])[C@H](O[C@H]4O[C@H](COS(=O)(=O)[O-])[C@@H](OS(=O)(=O)[O-])[C@H](OS(=O)(=O)[O-])[C@@H]4OS(=O)(=O)[O-])[C@@H]3OS(=O)(=O)[O-])[C@@H]2OS(=O)(=O)[O-])[C@@H]1OS(=O)(=O)[O-]. The van der Waals surface area contributed by atoms with Gasteiger partial charge in [-0.05, 0) is 6.42 Å². The van der Waals surface area contributed by atoms with E-state index in [4.69, 9.17) is 47.4 Å². The number of hydrogen-bond donors (Lipinski definition) is 0. The Morgan fingerprint density at radius 1 is 0.182 bits per heavy atom. The molecule has 5 saturated heterocycles. The predicted molar refractivity (Wildman–Crippen MR) is 359 cm³/mol. The number of hydrogen-bond acceptors (Lipinski definition) is 74. The van der Waals surface area contributed by atoms with Crippen LogP contribution in [-0.4, -0.2) is 401 Å². The van der Waals surface area contributed by atoms with E-state index in [0.717, 1.165) is 25.7 Å². The molecule has 74 nitrogen and oxygen atoms in total. The molecule has 0 bridgehead atoms. The van der Waals surface area contributed by atoms with Gasteiger partial charge in [0.2, 0.25) is 166 Å². The van der Waals surface area contributed by atoms with E-state index in [1.807, 2.05) is 6.92 Å². The van der Waals surface area contributed by atoms with Crippen molar-refractivity contribution in [1.29, 1.82) is 0 Å². The molecule has 132 heavy (non-hydrogen) atoms. The van der Waals surface area contributed by atoms with Gasteiger partial charge in [0.25, 0.3) is 0 Å². The summed E-state index contributed by atoms with van der Waals surface area (Å²) in [5, 5.41) is 0. The molecule has 0 aliphatic carbocycles. The van der Waals surface area contributed by atoms with E-state index < -0.39 is 360 Å². The third kappa shape index (κ3) is 45.6. The van der Waals surface area contributed by atoms with Crippen LogP contribution in [0.25, 0.3) is 0 Å². The average Bonchev–Trinajstić information content (AvgIpc) is 0.744. The number of unbranched alkanes of at least 4 members (excludes halogenated alkanes) is 9. The molecular weight excluding hydrogens is 2200 g/mol. The third-order valence-corrected chi connectivity index (χ3v) is 23.5. The van der Waals surface area contributed by atoms with Crippen LogP contribution in [0.3, 0.4) is 0 Å². The van der Waals surface area contributed by atoms with E-state index in [0.29, 0.717) is 19.3 Å². The summed E-state index contributed by atoms with van der Waals surface area (Å²) in [5.74, 6) is 0. The quantitative estimate of drug-likeness (QED) is 0.0310. The Kier molecular flexibility index (Phi) is 42.9. The first-order chi connectivity index (χ1) is 59.3. The standard InChI is InChI=1S/C42H76O74S16/c1-2-3-4-5-6-7-8-9-10-11-12-91-38-33(31(111-127(73,74)75)26(109-125(67,68)69)21(97-38)16-95-120(52,53)54)105-41-36(115-131(85,86)87)30(25(108-124(64,65)66)20(100-41)15-94-119(49,50)51)103-39-34(113-129(79,80)81)28(23(106-122(58,59)60)18(98-39)13-92-117(43,44)45)102-40-35(114-130(82,83)84)29(24(107-123(61,62)63)19(99-40)14-93-118(46,47)48)104-42-37(116-132(88,89)90)32(112-128(76,77)78)27(110-126(70,71)72)22(101-42)17-96-121(55,56)57/h18-42H,2-17H2,1H3,(H,43,44,45)(H,46,47,48)(H,49,50,51)(H,52,53,54)(H,55,56,57)(H,58,59,60)(H,61,62,63)(H,64,65,66)(H,67,68,69)(H,70,71,72)(H,73,74,75)(H,76,77,78)(H,79,80,81)(H,82,83,84)(H,85,86,87)(H,88,89,90)/p-16/t18-,19-,20-,21-,22-,23-,24-,25-,26-,27-,28+,29+,30+,31+,32+,33+,34+,35+,36+,37+,38+,39-,40-,41-,42-/m1/s1. The zero-order valence-electron chi connectivity index (χ0n) is 63.5. The summed E-state index contributed by atoms with van der Waals surface area (Å²) in [4.78, 5) is 0. The van der Waals surface area contributed by atoms with Gasteiger partial charge >= 0.3 is 0 Å². The van der Waals surface area contributed by atoms with Gasteiger partial charge in [-0.1, -0.05) is 64.7 Å². The van der Waals surface area contributed by atoms with Crippen LogP contribution in [0.4, 0.5) is 0 Å². The summed E-state index contributed by atoms with van der Waals surface area (Å²) in [6.07, 6.45) is -95.2. The minimum Gasteiger partial charge on any atom is -0.726 e. The average molecular weight is 2260 g/mol. The Balaban J connectivity index is 2.02. The van der Waals surface area contributed by atoms with Crippen molar-refractivity contribution in [3.63, 3.8) is 0 Å². The maximum absolute atomic E-state index is 13.3. The van der Waals surface area contributed by atoms with Gasteiger partial charge in [-0.3, -0.25) is 66.9 Å². The lowest BCUT2D eigenvalue weighted by Gasteiger charge is -2.52. The molecule has 0 amide bonds. The molecule has 5 aliphatic heterocycles. The topological polar surface area (TPSA) is 1160 Å². The molecule has 0 aromatic heterocycles. The molecule has 0 aromatic carbocycles. The Bertz CT molecular complexity index is 5820. The monoisotopic (exact) mass is 2260 g/mol. The van der Waals surface area contributed by atoms with Crippen molar-refractivity contribution in [2.75, 3.05) is 39.6 Å². The molecule has 0 unspecified atom stereocenters. The molecular formula is C42H60O74S16-16. The van der Waals surface area contributed by atoms with Crippen LogP contribution in [0.1, 0.15) is 71.1 Å². The van der Waals surface area contributed by atoms with Crippen molar-refractivity contribution in [3.8, 4) is 0 Å². The van der Waals surface area contributed by atoms with Crippen molar-refractivity contribution in [1.82, 2.24) is 0 Å². The third-order valence-electron chi connectivity index (χ3n) is 16.3. The normalized spacial score (nSPS) is 31.4. The second-order valence-corrected chi connectivity index (χ2v) is 42.2. The molecule has 5 rings (SSSR count).